The fourth-order valence-electron chi connectivity index (χ4n) is 2.91. The van der Waals surface area contributed by atoms with Gasteiger partial charge in [0.1, 0.15) is 18.5 Å². The van der Waals surface area contributed by atoms with Gasteiger partial charge in [-0.05, 0) is 41.0 Å². The lowest BCUT2D eigenvalue weighted by Crippen LogP contribution is -2.16. The Labute approximate surface area is 154 Å². The van der Waals surface area contributed by atoms with Crippen molar-refractivity contribution in [2.75, 3.05) is 0 Å². The Kier molecular flexibility index (Phi) is 5.90. The zero-order valence-electron chi connectivity index (χ0n) is 15.3. The molecule has 1 unspecified atom stereocenters. The number of fused-ring (bicyclic) bond motifs is 1. The van der Waals surface area contributed by atoms with Gasteiger partial charge in [-0.3, -0.25) is 4.79 Å². The van der Waals surface area contributed by atoms with Gasteiger partial charge in [-0.25, -0.2) is 0 Å². The number of rotatable bonds is 7. The minimum absolute atomic E-state index is 0.117. The van der Waals surface area contributed by atoms with Gasteiger partial charge in [0.25, 0.3) is 0 Å². The highest BCUT2D eigenvalue weighted by atomic mass is 16.5. The van der Waals surface area contributed by atoms with Crippen LogP contribution in [0.5, 0.6) is 5.75 Å². The van der Waals surface area contributed by atoms with Crippen LogP contribution < -0.4 is 4.74 Å². The molecule has 0 radical (unpaired) electrons. The molecule has 0 aromatic heterocycles. The van der Waals surface area contributed by atoms with Crippen LogP contribution in [0.2, 0.25) is 0 Å². The second-order valence-corrected chi connectivity index (χ2v) is 6.48. The quantitative estimate of drug-likeness (QED) is 0.543. The van der Waals surface area contributed by atoms with Crippen LogP contribution in [0, 0.1) is 0 Å². The van der Waals surface area contributed by atoms with E-state index in [1.807, 2.05) is 38.1 Å². The number of benzene rings is 3. The number of carbonyl (C=O) groups excluding carboxylic acids is 1. The van der Waals surface area contributed by atoms with E-state index in [-0.39, 0.29) is 12.1 Å². The summed E-state index contributed by atoms with van der Waals surface area (Å²) in [5.41, 5.74) is 2.31. The maximum Gasteiger partial charge on any atom is 0.305 e. The van der Waals surface area contributed by atoms with Gasteiger partial charge >= 0.3 is 5.97 Å². The molecule has 3 nitrogen and oxygen atoms in total. The third-order valence-corrected chi connectivity index (χ3v) is 4.27. The molecule has 0 aliphatic carbocycles. The van der Waals surface area contributed by atoms with E-state index >= 15 is 0 Å². The molecule has 134 valence electrons. The summed E-state index contributed by atoms with van der Waals surface area (Å²) in [4.78, 5) is 11.4. The van der Waals surface area contributed by atoms with Gasteiger partial charge in [-0.1, -0.05) is 61.5 Å². The normalized spacial score (nSPS) is 11.9. The molecule has 0 saturated carbocycles. The van der Waals surface area contributed by atoms with E-state index in [1.54, 1.807) is 0 Å². The Bertz CT molecular complexity index is 871. The standard InChI is InChI=1S/C23H24O3/c1-3-23(24)26-17(2)13-19-9-10-21-15-22(12-11-20(21)14-19)25-16-18-7-5-4-6-8-18/h4-12,14-15,17H,3,13,16H2,1-2H3. The number of hydrogen-bond acceptors (Lipinski definition) is 3. The Morgan fingerprint density at radius 1 is 0.923 bits per heavy atom. The van der Waals surface area contributed by atoms with Crippen molar-refractivity contribution in [1.82, 2.24) is 0 Å². The first-order valence-electron chi connectivity index (χ1n) is 9.03. The van der Waals surface area contributed by atoms with Crippen LogP contribution in [-0.2, 0) is 22.6 Å². The molecule has 0 aliphatic heterocycles. The highest BCUT2D eigenvalue weighted by Gasteiger charge is 2.09. The molecule has 0 fully saturated rings. The lowest BCUT2D eigenvalue weighted by molar-refractivity contribution is -0.147. The summed E-state index contributed by atoms with van der Waals surface area (Å²) < 4.78 is 11.2. The summed E-state index contributed by atoms with van der Waals surface area (Å²) in [6.07, 6.45) is 1.01. The van der Waals surface area contributed by atoms with Gasteiger partial charge in [0, 0.05) is 12.8 Å². The zero-order valence-corrected chi connectivity index (χ0v) is 15.3. The molecule has 0 aliphatic rings. The van der Waals surface area contributed by atoms with Crippen LogP contribution in [0.1, 0.15) is 31.4 Å². The highest BCUT2D eigenvalue weighted by molar-refractivity contribution is 5.84. The Hall–Kier alpha value is -2.81. The molecule has 0 N–H and O–H groups in total. The van der Waals surface area contributed by atoms with E-state index in [1.165, 1.54) is 0 Å². The van der Waals surface area contributed by atoms with E-state index in [4.69, 9.17) is 9.47 Å². The fraction of sp³-hybridized carbons (Fsp3) is 0.261. The fourth-order valence-corrected chi connectivity index (χ4v) is 2.91. The summed E-state index contributed by atoms with van der Waals surface area (Å²) in [6.45, 7) is 4.30. The molecule has 3 rings (SSSR count). The molecule has 0 saturated heterocycles. The van der Waals surface area contributed by atoms with Crippen molar-refractivity contribution in [2.45, 2.75) is 39.4 Å². The summed E-state index contributed by atoms with van der Waals surface area (Å²) in [7, 11) is 0. The minimum Gasteiger partial charge on any atom is -0.489 e. The first-order valence-corrected chi connectivity index (χ1v) is 9.03. The van der Waals surface area contributed by atoms with Crippen molar-refractivity contribution in [3.05, 3.63) is 77.9 Å². The van der Waals surface area contributed by atoms with Crippen molar-refractivity contribution in [1.29, 1.82) is 0 Å². The van der Waals surface area contributed by atoms with Gasteiger partial charge in [-0.2, -0.15) is 0 Å². The molecule has 3 aromatic carbocycles. The molecule has 3 heteroatoms. The van der Waals surface area contributed by atoms with Crippen LogP contribution in [0.15, 0.2) is 66.7 Å². The van der Waals surface area contributed by atoms with Crippen LogP contribution in [-0.4, -0.2) is 12.1 Å². The number of hydrogen-bond donors (Lipinski definition) is 0. The summed E-state index contributed by atoms with van der Waals surface area (Å²) in [6, 6.07) is 22.6. The molecule has 0 spiro atoms. The van der Waals surface area contributed by atoms with Gasteiger partial charge in [0.05, 0.1) is 0 Å². The van der Waals surface area contributed by atoms with Gasteiger partial charge < -0.3 is 9.47 Å². The predicted octanol–water partition coefficient (Wildman–Crippen LogP) is 5.30. The maximum atomic E-state index is 11.4. The topological polar surface area (TPSA) is 35.5 Å². The molecular formula is C23H24O3. The summed E-state index contributed by atoms with van der Waals surface area (Å²) in [5, 5.41) is 2.29. The Balaban J connectivity index is 1.66. The van der Waals surface area contributed by atoms with E-state index in [9.17, 15) is 4.79 Å². The largest absolute Gasteiger partial charge is 0.489 e. The van der Waals surface area contributed by atoms with E-state index in [0.717, 1.165) is 27.6 Å². The summed E-state index contributed by atoms with van der Waals surface area (Å²) in [5.74, 6) is 0.706. The van der Waals surface area contributed by atoms with Crippen molar-refractivity contribution in [2.24, 2.45) is 0 Å². The second kappa shape index (κ2) is 8.52. The number of carbonyl (C=O) groups is 1. The maximum absolute atomic E-state index is 11.4. The molecule has 0 bridgehead atoms. The van der Waals surface area contributed by atoms with Gasteiger partial charge in [0.15, 0.2) is 0 Å². The van der Waals surface area contributed by atoms with E-state index in [0.29, 0.717) is 19.4 Å². The molecule has 3 aromatic rings. The van der Waals surface area contributed by atoms with E-state index < -0.39 is 0 Å². The Morgan fingerprint density at radius 3 is 2.42 bits per heavy atom. The summed E-state index contributed by atoms with van der Waals surface area (Å²) >= 11 is 0. The first-order chi connectivity index (χ1) is 12.6. The number of ether oxygens (including phenoxy) is 2. The van der Waals surface area contributed by atoms with Crippen molar-refractivity contribution < 1.29 is 14.3 Å². The lowest BCUT2D eigenvalue weighted by atomic mass is 10.0. The van der Waals surface area contributed by atoms with Gasteiger partial charge in [-0.15, -0.1) is 0 Å². The smallest absolute Gasteiger partial charge is 0.305 e. The molecule has 0 amide bonds. The minimum atomic E-state index is -0.154. The van der Waals surface area contributed by atoms with Crippen molar-refractivity contribution in [3.8, 4) is 5.75 Å². The van der Waals surface area contributed by atoms with Crippen LogP contribution in [0.4, 0.5) is 0 Å². The zero-order chi connectivity index (χ0) is 18.4. The van der Waals surface area contributed by atoms with Crippen LogP contribution >= 0.6 is 0 Å². The third kappa shape index (κ3) is 4.85. The third-order valence-electron chi connectivity index (χ3n) is 4.27. The first kappa shape index (κ1) is 18.0. The average molecular weight is 348 g/mol. The molecule has 26 heavy (non-hydrogen) atoms. The lowest BCUT2D eigenvalue weighted by Gasteiger charge is -2.13. The van der Waals surface area contributed by atoms with Crippen LogP contribution in [0.3, 0.4) is 0 Å². The molecule has 0 heterocycles. The second-order valence-electron chi connectivity index (χ2n) is 6.48. The number of esters is 1. The van der Waals surface area contributed by atoms with Crippen molar-refractivity contribution >= 4 is 16.7 Å². The highest BCUT2D eigenvalue weighted by Crippen LogP contribution is 2.23. The SMILES string of the molecule is CCC(=O)OC(C)Cc1ccc2cc(OCc3ccccc3)ccc2c1. The van der Waals surface area contributed by atoms with Gasteiger partial charge in [0.2, 0.25) is 0 Å². The molecular weight excluding hydrogens is 324 g/mol. The average Bonchev–Trinajstić information content (AvgIpc) is 2.67. The van der Waals surface area contributed by atoms with E-state index in [2.05, 4.69) is 42.5 Å². The monoisotopic (exact) mass is 348 g/mol. The predicted molar refractivity (Wildman–Crippen MR) is 104 cm³/mol. The van der Waals surface area contributed by atoms with Crippen LogP contribution in [0.25, 0.3) is 10.8 Å². The Morgan fingerprint density at radius 2 is 1.65 bits per heavy atom. The van der Waals surface area contributed by atoms with Crippen molar-refractivity contribution in [3.63, 3.8) is 0 Å². The molecule has 1 atom stereocenters.